The van der Waals surface area contributed by atoms with E-state index in [0.29, 0.717) is 48.7 Å². The molecule has 55 heavy (non-hydrogen) atoms. The Morgan fingerprint density at radius 2 is 0.891 bits per heavy atom. The molecule has 0 radical (unpaired) electrons. The highest BCUT2D eigenvalue weighted by atomic mass is 16.5. The summed E-state index contributed by atoms with van der Waals surface area (Å²) in [6.45, 7) is 7.69. The van der Waals surface area contributed by atoms with Crippen molar-refractivity contribution in [2.24, 2.45) is 11.8 Å². The molecule has 0 aliphatic carbocycles. The van der Waals surface area contributed by atoms with Crippen LogP contribution in [-0.2, 0) is 6.42 Å². The molecule has 0 saturated heterocycles. The number of ketones is 2. The molecular formula is C50H74O5. The Bertz CT molecular complexity index is 1450. The summed E-state index contributed by atoms with van der Waals surface area (Å²) in [6, 6.07) is 22.6. The highest BCUT2D eigenvalue weighted by molar-refractivity contribution is 6.01. The highest BCUT2D eigenvalue weighted by Crippen LogP contribution is 2.30. The van der Waals surface area contributed by atoms with Crippen molar-refractivity contribution in [3.05, 3.63) is 89.5 Å². The summed E-state index contributed by atoms with van der Waals surface area (Å²) in [5, 5.41) is 9.85. The van der Waals surface area contributed by atoms with E-state index in [-0.39, 0.29) is 29.2 Å². The van der Waals surface area contributed by atoms with E-state index < -0.39 is 0 Å². The number of phenolic OH excluding ortho intramolecular Hbond substituents is 1. The van der Waals surface area contributed by atoms with Gasteiger partial charge in [-0.15, -0.1) is 0 Å². The van der Waals surface area contributed by atoms with Gasteiger partial charge >= 0.3 is 0 Å². The Balaban J connectivity index is 1.67. The van der Waals surface area contributed by atoms with Crippen LogP contribution in [0, 0.1) is 11.8 Å². The van der Waals surface area contributed by atoms with Crippen molar-refractivity contribution in [1.29, 1.82) is 0 Å². The van der Waals surface area contributed by atoms with E-state index in [1.165, 1.54) is 83.5 Å². The second-order valence-electron chi connectivity index (χ2n) is 15.7. The Morgan fingerprint density at radius 1 is 0.473 bits per heavy atom. The largest absolute Gasteiger partial charge is 0.508 e. The van der Waals surface area contributed by atoms with Crippen molar-refractivity contribution in [3.8, 4) is 17.2 Å². The summed E-state index contributed by atoms with van der Waals surface area (Å²) in [7, 11) is 0. The number of hydrogen-bond acceptors (Lipinski definition) is 5. The first-order valence-corrected chi connectivity index (χ1v) is 22.3. The van der Waals surface area contributed by atoms with Crippen molar-refractivity contribution < 1.29 is 24.2 Å². The number of aromatic hydroxyl groups is 1. The third-order valence-corrected chi connectivity index (χ3v) is 11.0. The molecule has 0 saturated carbocycles. The molecule has 3 aromatic rings. The number of hydrogen-bond donors (Lipinski definition) is 1. The Morgan fingerprint density at radius 3 is 1.42 bits per heavy atom. The smallest absolute Gasteiger partial charge is 0.169 e. The van der Waals surface area contributed by atoms with Crippen LogP contribution in [0.5, 0.6) is 17.2 Å². The number of carbonyl (C=O) groups is 2. The molecular weight excluding hydrogens is 681 g/mol. The van der Waals surface area contributed by atoms with Crippen LogP contribution < -0.4 is 9.47 Å². The van der Waals surface area contributed by atoms with E-state index in [1.54, 1.807) is 12.1 Å². The second-order valence-corrected chi connectivity index (χ2v) is 15.7. The SMILES string of the molecule is CCCCCCCCCCOc1ccccc1C(=O)C(CCCCCCC)CCOc1ccccc1C(=O)C(CCCCCCCC)Cc1ccc(O)cc1. The Kier molecular flexibility index (Phi) is 23.9. The lowest BCUT2D eigenvalue weighted by atomic mass is 9.86. The van der Waals surface area contributed by atoms with Gasteiger partial charge in [-0.1, -0.05) is 173 Å². The minimum atomic E-state index is -0.188. The van der Waals surface area contributed by atoms with Gasteiger partial charge in [-0.2, -0.15) is 0 Å². The highest BCUT2D eigenvalue weighted by Gasteiger charge is 2.26. The molecule has 5 heteroatoms. The summed E-state index contributed by atoms with van der Waals surface area (Å²) in [5.41, 5.74) is 2.32. The molecule has 0 amide bonds. The van der Waals surface area contributed by atoms with E-state index in [2.05, 4.69) is 20.8 Å². The molecule has 5 nitrogen and oxygen atoms in total. The summed E-state index contributed by atoms with van der Waals surface area (Å²) in [5.74, 6) is 1.37. The summed E-state index contributed by atoms with van der Waals surface area (Å²) in [6.07, 6.45) is 25.5. The number of benzene rings is 3. The summed E-state index contributed by atoms with van der Waals surface area (Å²) in [4.78, 5) is 28.5. The topological polar surface area (TPSA) is 72.8 Å². The molecule has 3 aromatic carbocycles. The standard InChI is InChI=1S/C50H74O5/c1-4-7-10-13-15-16-19-26-38-54-47-31-24-22-29-45(47)49(52)42(27-20-17-12-9-6-3)37-39-55-48-32-25-23-30-46(48)50(53)43(28-21-18-14-11-8-5-2)40-41-33-35-44(51)36-34-41/h22-25,29-36,42-43,51H,4-21,26-28,37-40H2,1-3H3. The zero-order valence-electron chi connectivity index (χ0n) is 34.8. The first-order chi connectivity index (χ1) is 27.0. The van der Waals surface area contributed by atoms with Gasteiger partial charge in [0.05, 0.1) is 24.3 Å². The Labute approximate surface area is 335 Å². The predicted molar refractivity (Wildman–Crippen MR) is 230 cm³/mol. The molecule has 0 aliphatic heterocycles. The van der Waals surface area contributed by atoms with E-state index in [4.69, 9.17) is 9.47 Å². The maximum atomic E-state index is 14.3. The molecule has 0 aliphatic rings. The van der Waals surface area contributed by atoms with Crippen LogP contribution in [0.4, 0.5) is 0 Å². The molecule has 0 bridgehead atoms. The Hall–Kier alpha value is -3.60. The van der Waals surface area contributed by atoms with E-state index >= 15 is 0 Å². The van der Waals surface area contributed by atoms with Crippen LogP contribution in [0.1, 0.15) is 188 Å². The lowest BCUT2D eigenvalue weighted by Gasteiger charge is -2.20. The van der Waals surface area contributed by atoms with Gasteiger partial charge in [0.15, 0.2) is 11.6 Å². The fourth-order valence-electron chi connectivity index (χ4n) is 7.58. The molecule has 0 heterocycles. The van der Waals surface area contributed by atoms with Crippen LogP contribution in [0.2, 0.25) is 0 Å². The second kappa shape index (κ2) is 28.8. The van der Waals surface area contributed by atoms with Crippen LogP contribution >= 0.6 is 0 Å². The van der Waals surface area contributed by atoms with Crippen molar-refractivity contribution in [3.63, 3.8) is 0 Å². The van der Waals surface area contributed by atoms with Gasteiger partial charge in [0.2, 0.25) is 0 Å². The third kappa shape index (κ3) is 18.3. The number of unbranched alkanes of at least 4 members (excludes halogenated alkanes) is 16. The van der Waals surface area contributed by atoms with Crippen molar-refractivity contribution in [1.82, 2.24) is 0 Å². The normalized spacial score (nSPS) is 12.3. The molecule has 3 rings (SSSR count). The summed E-state index contributed by atoms with van der Waals surface area (Å²) < 4.78 is 12.7. The van der Waals surface area contributed by atoms with Gasteiger partial charge in [0, 0.05) is 11.8 Å². The van der Waals surface area contributed by atoms with Gasteiger partial charge in [0.25, 0.3) is 0 Å². The van der Waals surface area contributed by atoms with Gasteiger partial charge in [-0.3, -0.25) is 9.59 Å². The molecule has 1 N–H and O–H groups in total. The molecule has 2 unspecified atom stereocenters. The van der Waals surface area contributed by atoms with Crippen molar-refractivity contribution >= 4 is 11.6 Å². The number of para-hydroxylation sites is 2. The quantitative estimate of drug-likeness (QED) is 0.0495. The minimum Gasteiger partial charge on any atom is -0.508 e. The van der Waals surface area contributed by atoms with E-state index in [1.807, 2.05) is 60.7 Å². The van der Waals surface area contributed by atoms with E-state index in [0.717, 1.165) is 56.9 Å². The lowest BCUT2D eigenvalue weighted by Crippen LogP contribution is -2.21. The third-order valence-electron chi connectivity index (χ3n) is 11.0. The zero-order valence-corrected chi connectivity index (χ0v) is 34.8. The number of ether oxygens (including phenoxy) is 2. The minimum absolute atomic E-state index is 0.100. The van der Waals surface area contributed by atoms with Crippen LogP contribution in [0.3, 0.4) is 0 Å². The number of Topliss-reactive ketones (excluding diaryl/α,β-unsaturated/α-hetero) is 2. The number of rotatable bonds is 33. The van der Waals surface area contributed by atoms with Crippen molar-refractivity contribution in [2.45, 2.75) is 168 Å². The molecule has 0 aromatic heterocycles. The molecule has 0 fully saturated rings. The molecule has 2 atom stereocenters. The fourth-order valence-corrected chi connectivity index (χ4v) is 7.58. The number of carbonyl (C=O) groups excluding carboxylic acids is 2. The monoisotopic (exact) mass is 755 g/mol. The molecule has 304 valence electrons. The van der Waals surface area contributed by atoms with Gasteiger partial charge in [-0.05, 0) is 74.1 Å². The van der Waals surface area contributed by atoms with Crippen LogP contribution in [0.15, 0.2) is 72.8 Å². The van der Waals surface area contributed by atoms with Gasteiger partial charge in [0.1, 0.15) is 17.2 Å². The average Bonchev–Trinajstić information content (AvgIpc) is 3.21. The van der Waals surface area contributed by atoms with E-state index in [9.17, 15) is 14.7 Å². The summed E-state index contributed by atoms with van der Waals surface area (Å²) >= 11 is 0. The maximum Gasteiger partial charge on any atom is 0.169 e. The lowest BCUT2D eigenvalue weighted by molar-refractivity contribution is 0.0875. The van der Waals surface area contributed by atoms with Crippen LogP contribution in [0.25, 0.3) is 0 Å². The first kappa shape index (κ1) is 45.8. The first-order valence-electron chi connectivity index (χ1n) is 22.3. The zero-order chi connectivity index (χ0) is 39.4. The number of phenols is 1. The van der Waals surface area contributed by atoms with Gasteiger partial charge in [-0.25, -0.2) is 0 Å². The van der Waals surface area contributed by atoms with Crippen molar-refractivity contribution in [2.75, 3.05) is 13.2 Å². The molecule has 0 spiro atoms. The maximum absolute atomic E-state index is 14.3. The fraction of sp³-hybridized carbons (Fsp3) is 0.600. The average molecular weight is 755 g/mol. The van der Waals surface area contributed by atoms with Gasteiger partial charge < -0.3 is 14.6 Å². The van der Waals surface area contributed by atoms with Crippen LogP contribution in [-0.4, -0.2) is 29.9 Å². The predicted octanol–water partition coefficient (Wildman–Crippen LogP) is 14.3.